The van der Waals surface area contributed by atoms with Gasteiger partial charge in [0.15, 0.2) is 0 Å². The van der Waals surface area contributed by atoms with Gasteiger partial charge in [0.2, 0.25) is 0 Å². The molecule has 0 amide bonds. The first-order chi connectivity index (χ1) is 11.7. The maximum Gasteiger partial charge on any atom is 0.490 e. The first-order valence-electron chi connectivity index (χ1n) is 10.7. The Bertz CT molecular complexity index is 470. The molecule has 2 nitrogen and oxygen atoms in total. The molecule has 1 aliphatic heterocycles. The molecular weight excluding hydrogens is 307 g/mol. The second kappa shape index (κ2) is 7.39. The highest BCUT2D eigenvalue weighted by atomic mass is 16.7. The topological polar surface area (TPSA) is 18.5 Å². The van der Waals surface area contributed by atoms with Gasteiger partial charge in [-0.05, 0) is 95.4 Å². The minimum Gasteiger partial charge on any atom is -0.400 e. The lowest BCUT2D eigenvalue weighted by Gasteiger charge is -2.36. The van der Waals surface area contributed by atoms with Crippen molar-refractivity contribution in [2.75, 3.05) is 0 Å². The fourth-order valence-electron chi connectivity index (χ4n) is 5.07. The Kier molecular flexibility index (Phi) is 5.76. The maximum atomic E-state index is 6.24. The van der Waals surface area contributed by atoms with Crippen LogP contribution < -0.4 is 0 Å². The van der Waals surface area contributed by atoms with Crippen molar-refractivity contribution in [3.05, 3.63) is 11.5 Å². The van der Waals surface area contributed by atoms with Crippen LogP contribution >= 0.6 is 0 Å². The molecule has 3 heteroatoms. The Balaban J connectivity index is 1.50. The van der Waals surface area contributed by atoms with Crippen LogP contribution in [0.5, 0.6) is 0 Å². The molecule has 142 valence electrons. The Labute approximate surface area is 156 Å². The largest absolute Gasteiger partial charge is 0.490 e. The van der Waals surface area contributed by atoms with E-state index in [0.717, 1.165) is 30.1 Å². The van der Waals surface area contributed by atoms with Gasteiger partial charge in [-0.25, -0.2) is 0 Å². The van der Waals surface area contributed by atoms with Gasteiger partial charge in [0.1, 0.15) is 0 Å². The predicted molar refractivity (Wildman–Crippen MR) is 106 cm³/mol. The van der Waals surface area contributed by atoms with Gasteiger partial charge < -0.3 is 9.31 Å². The average molecular weight is 346 g/mol. The monoisotopic (exact) mass is 346 g/mol. The number of allylic oxidation sites excluding steroid dienone is 2. The average Bonchev–Trinajstić information content (AvgIpc) is 2.76. The zero-order chi connectivity index (χ0) is 18.2. The van der Waals surface area contributed by atoms with Crippen LogP contribution in [0.2, 0.25) is 0 Å². The van der Waals surface area contributed by atoms with Gasteiger partial charge >= 0.3 is 7.12 Å². The summed E-state index contributed by atoms with van der Waals surface area (Å²) in [6.07, 6.45) is 13.5. The highest BCUT2D eigenvalue weighted by Gasteiger charge is 2.52. The molecule has 2 aliphatic carbocycles. The van der Waals surface area contributed by atoms with Gasteiger partial charge in [0.25, 0.3) is 0 Å². The molecule has 25 heavy (non-hydrogen) atoms. The zero-order valence-corrected chi connectivity index (χ0v) is 17.4. The van der Waals surface area contributed by atoms with Crippen molar-refractivity contribution in [3.8, 4) is 0 Å². The molecule has 0 radical (unpaired) electrons. The molecule has 1 heterocycles. The van der Waals surface area contributed by atoms with Crippen LogP contribution in [-0.4, -0.2) is 18.3 Å². The highest BCUT2D eigenvalue weighted by molar-refractivity contribution is 6.54. The fraction of sp³-hybridized carbons (Fsp3) is 0.909. The lowest BCUT2D eigenvalue weighted by atomic mass is 9.65. The van der Waals surface area contributed by atoms with Gasteiger partial charge in [-0.2, -0.15) is 0 Å². The highest BCUT2D eigenvalue weighted by Crippen LogP contribution is 2.44. The van der Waals surface area contributed by atoms with E-state index in [4.69, 9.17) is 9.31 Å². The summed E-state index contributed by atoms with van der Waals surface area (Å²) in [6, 6.07) is 0. The second-order valence-corrected chi connectivity index (χ2v) is 10.3. The van der Waals surface area contributed by atoms with Crippen molar-refractivity contribution < 1.29 is 9.31 Å². The Morgan fingerprint density at radius 3 is 2.04 bits per heavy atom. The molecule has 1 unspecified atom stereocenters. The zero-order valence-electron chi connectivity index (χ0n) is 17.4. The molecule has 0 bridgehead atoms. The molecule has 0 aromatic carbocycles. The van der Waals surface area contributed by atoms with Crippen LogP contribution in [0.25, 0.3) is 0 Å². The summed E-state index contributed by atoms with van der Waals surface area (Å²) in [5.74, 6) is 3.71. The van der Waals surface area contributed by atoms with Crippen molar-refractivity contribution in [3.63, 3.8) is 0 Å². The van der Waals surface area contributed by atoms with Crippen molar-refractivity contribution in [2.45, 2.75) is 104 Å². The predicted octanol–water partition coefficient (Wildman–Crippen LogP) is 6.20. The maximum absolute atomic E-state index is 6.24. The molecule has 3 aliphatic rings. The van der Waals surface area contributed by atoms with Gasteiger partial charge in [-0.15, -0.1) is 0 Å². The standard InChI is InChI=1S/C22H39BO2/c1-16(2)15-17-7-9-18(10-8-17)19-11-13-20(14-12-19)23-24-21(3,4)22(5,6)25-23/h13,16-19H,7-12,14-15H2,1-6H3. The van der Waals surface area contributed by atoms with E-state index >= 15 is 0 Å². The third-order valence-corrected chi connectivity index (χ3v) is 7.41. The lowest BCUT2D eigenvalue weighted by molar-refractivity contribution is 0.00578. The van der Waals surface area contributed by atoms with Crippen LogP contribution in [0.1, 0.15) is 92.9 Å². The molecule has 0 spiro atoms. The van der Waals surface area contributed by atoms with E-state index in [1.165, 1.54) is 50.4 Å². The fourth-order valence-corrected chi connectivity index (χ4v) is 5.07. The molecule has 0 N–H and O–H groups in total. The minimum absolute atomic E-state index is 0.118. The van der Waals surface area contributed by atoms with Gasteiger partial charge in [-0.1, -0.05) is 32.8 Å². The Morgan fingerprint density at radius 2 is 1.56 bits per heavy atom. The van der Waals surface area contributed by atoms with Crippen molar-refractivity contribution >= 4 is 7.12 Å². The molecule has 3 rings (SSSR count). The molecule has 1 saturated carbocycles. The van der Waals surface area contributed by atoms with Gasteiger partial charge in [0, 0.05) is 0 Å². The van der Waals surface area contributed by atoms with E-state index in [-0.39, 0.29) is 18.3 Å². The Hall–Kier alpha value is -0.275. The summed E-state index contributed by atoms with van der Waals surface area (Å²) in [4.78, 5) is 0. The van der Waals surface area contributed by atoms with E-state index in [1.54, 1.807) is 0 Å². The summed E-state index contributed by atoms with van der Waals surface area (Å²) in [5.41, 5.74) is 0.956. The van der Waals surface area contributed by atoms with E-state index in [1.807, 2.05) is 0 Å². The third kappa shape index (κ3) is 4.35. The van der Waals surface area contributed by atoms with Crippen LogP contribution in [0.4, 0.5) is 0 Å². The van der Waals surface area contributed by atoms with Crippen LogP contribution in [0.3, 0.4) is 0 Å². The molecule has 1 saturated heterocycles. The van der Waals surface area contributed by atoms with Gasteiger partial charge in [0.05, 0.1) is 11.2 Å². The summed E-state index contributed by atoms with van der Waals surface area (Å²) in [5, 5.41) is 0. The first kappa shape index (κ1) is 19.5. The van der Waals surface area contributed by atoms with E-state index in [9.17, 15) is 0 Å². The SMILES string of the molecule is CC(C)CC1CCC(C2CC=C(B3OC(C)(C)C(C)(C)O3)CC2)CC1. The third-order valence-electron chi connectivity index (χ3n) is 7.41. The summed E-state index contributed by atoms with van der Waals surface area (Å²) in [7, 11) is -0.118. The summed E-state index contributed by atoms with van der Waals surface area (Å²) < 4.78 is 12.5. The van der Waals surface area contributed by atoms with Crippen LogP contribution in [-0.2, 0) is 9.31 Å². The van der Waals surface area contributed by atoms with E-state index < -0.39 is 0 Å². The van der Waals surface area contributed by atoms with Crippen molar-refractivity contribution in [1.82, 2.24) is 0 Å². The molecule has 0 aromatic rings. The van der Waals surface area contributed by atoms with Crippen molar-refractivity contribution in [2.24, 2.45) is 23.7 Å². The van der Waals surface area contributed by atoms with Crippen LogP contribution in [0, 0.1) is 23.7 Å². The Morgan fingerprint density at radius 1 is 0.960 bits per heavy atom. The number of rotatable bonds is 4. The summed E-state index contributed by atoms with van der Waals surface area (Å²) in [6.45, 7) is 13.3. The van der Waals surface area contributed by atoms with Crippen molar-refractivity contribution in [1.29, 1.82) is 0 Å². The second-order valence-electron chi connectivity index (χ2n) is 10.3. The lowest BCUT2D eigenvalue weighted by Crippen LogP contribution is -2.41. The number of hydrogen-bond acceptors (Lipinski definition) is 2. The smallest absolute Gasteiger partial charge is 0.400 e. The molecule has 1 atom stereocenters. The molecule has 2 fully saturated rings. The van der Waals surface area contributed by atoms with Gasteiger partial charge in [-0.3, -0.25) is 0 Å². The molecule has 0 aromatic heterocycles. The van der Waals surface area contributed by atoms with Crippen LogP contribution in [0.15, 0.2) is 11.5 Å². The minimum atomic E-state index is -0.218. The van der Waals surface area contributed by atoms with E-state index in [2.05, 4.69) is 47.6 Å². The quantitative estimate of drug-likeness (QED) is 0.565. The number of hydrogen-bond donors (Lipinski definition) is 0. The summed E-state index contributed by atoms with van der Waals surface area (Å²) >= 11 is 0. The normalized spacial score (nSPS) is 35.1. The van der Waals surface area contributed by atoms with E-state index in [0.29, 0.717) is 0 Å². The first-order valence-corrected chi connectivity index (χ1v) is 10.7. The molecular formula is C22H39BO2.